The van der Waals surface area contributed by atoms with Crippen LogP contribution in [0.25, 0.3) is 0 Å². The Kier molecular flexibility index (Phi) is 5.35. The van der Waals surface area contributed by atoms with Gasteiger partial charge in [0.15, 0.2) is 5.82 Å². The van der Waals surface area contributed by atoms with E-state index < -0.39 is 0 Å². The molecule has 7 heteroatoms. The summed E-state index contributed by atoms with van der Waals surface area (Å²) >= 11 is 0. The van der Waals surface area contributed by atoms with Gasteiger partial charge in [-0.25, -0.2) is 0 Å². The molecule has 0 atom stereocenters. The highest BCUT2D eigenvalue weighted by molar-refractivity contribution is 5.94. The molecular formula is C16H19N3O4. The van der Waals surface area contributed by atoms with Crippen LogP contribution in [0, 0.1) is 6.92 Å². The number of aryl methyl sites for hydroxylation is 1. The van der Waals surface area contributed by atoms with Gasteiger partial charge in [-0.2, -0.15) is 0 Å². The molecule has 2 aromatic rings. The molecule has 0 saturated heterocycles. The molecule has 1 N–H and O–H groups in total. The summed E-state index contributed by atoms with van der Waals surface area (Å²) in [6.45, 7) is 3.47. The molecule has 0 aliphatic rings. The molecule has 0 aliphatic carbocycles. The minimum atomic E-state index is -0.238. The van der Waals surface area contributed by atoms with Gasteiger partial charge in [0.1, 0.15) is 11.5 Å². The number of amides is 2. The van der Waals surface area contributed by atoms with Gasteiger partial charge in [-0.15, -0.1) is 0 Å². The summed E-state index contributed by atoms with van der Waals surface area (Å²) in [5, 5.41) is 6.32. The van der Waals surface area contributed by atoms with E-state index in [9.17, 15) is 9.59 Å². The van der Waals surface area contributed by atoms with Crippen molar-refractivity contribution in [2.75, 3.05) is 23.9 Å². The zero-order valence-electron chi connectivity index (χ0n) is 13.3. The Hall–Kier alpha value is -2.83. The second kappa shape index (κ2) is 7.44. The van der Waals surface area contributed by atoms with Crippen molar-refractivity contribution in [3.8, 4) is 5.75 Å². The Morgan fingerprint density at radius 1 is 1.30 bits per heavy atom. The number of methoxy groups -OCH3 is 1. The number of anilines is 2. The van der Waals surface area contributed by atoms with E-state index in [0.29, 0.717) is 23.0 Å². The number of nitrogens with zero attached hydrogens (tertiary/aromatic N) is 2. The molecule has 0 radical (unpaired) electrons. The normalized spacial score (nSPS) is 10.2. The van der Waals surface area contributed by atoms with E-state index in [1.54, 1.807) is 44.4 Å². The summed E-state index contributed by atoms with van der Waals surface area (Å²) in [6.07, 6.45) is 0.150. The monoisotopic (exact) mass is 317 g/mol. The first-order chi connectivity index (χ1) is 11.0. The van der Waals surface area contributed by atoms with Crippen LogP contribution >= 0.6 is 0 Å². The highest BCUT2D eigenvalue weighted by atomic mass is 16.5. The summed E-state index contributed by atoms with van der Waals surface area (Å²) in [5.74, 6) is 1.31. The lowest BCUT2D eigenvalue weighted by atomic mass is 10.2. The molecule has 0 unspecified atom stereocenters. The zero-order valence-corrected chi connectivity index (χ0v) is 13.3. The van der Waals surface area contributed by atoms with E-state index in [4.69, 9.17) is 9.26 Å². The number of nitrogens with one attached hydrogen (secondary N) is 1. The number of carbonyl (C=O) groups is 2. The summed E-state index contributed by atoms with van der Waals surface area (Å²) in [4.78, 5) is 25.3. The smallest absolute Gasteiger partial charge is 0.227 e. The summed E-state index contributed by atoms with van der Waals surface area (Å²) in [5.41, 5.74) is 0.711. The summed E-state index contributed by atoms with van der Waals surface area (Å²) < 4.78 is 9.97. The predicted octanol–water partition coefficient (Wildman–Crippen LogP) is 2.37. The van der Waals surface area contributed by atoms with E-state index in [-0.39, 0.29) is 24.8 Å². The van der Waals surface area contributed by atoms with E-state index in [0.717, 1.165) is 0 Å². The number of hydrogen-bond donors (Lipinski definition) is 1. The average molecular weight is 317 g/mol. The molecule has 0 bridgehead atoms. The lowest BCUT2D eigenvalue weighted by molar-refractivity contribution is -0.117. The summed E-state index contributed by atoms with van der Waals surface area (Å²) in [6, 6.07) is 8.72. The van der Waals surface area contributed by atoms with Gasteiger partial charge in [0.05, 0.1) is 7.11 Å². The zero-order chi connectivity index (χ0) is 16.8. The van der Waals surface area contributed by atoms with Crippen LogP contribution in [0.3, 0.4) is 0 Å². The first-order valence-corrected chi connectivity index (χ1v) is 7.15. The lowest BCUT2D eigenvalue weighted by Gasteiger charge is -2.21. The molecular weight excluding hydrogens is 298 g/mol. The maximum Gasteiger partial charge on any atom is 0.227 e. The second-order valence-corrected chi connectivity index (χ2v) is 4.99. The number of ether oxygens (including phenoxy) is 1. The van der Waals surface area contributed by atoms with Crippen LogP contribution in [0.5, 0.6) is 5.75 Å². The van der Waals surface area contributed by atoms with Gasteiger partial charge in [0.2, 0.25) is 11.8 Å². The van der Waals surface area contributed by atoms with Gasteiger partial charge < -0.3 is 19.5 Å². The van der Waals surface area contributed by atoms with Crippen molar-refractivity contribution in [3.05, 3.63) is 36.1 Å². The number of aromatic nitrogens is 1. The molecule has 23 heavy (non-hydrogen) atoms. The number of carbonyl (C=O) groups excluding carboxylic acids is 2. The van der Waals surface area contributed by atoms with Gasteiger partial charge in [-0.05, 0) is 31.2 Å². The Bertz CT molecular complexity index is 679. The lowest BCUT2D eigenvalue weighted by Crippen LogP contribution is -2.31. The van der Waals surface area contributed by atoms with E-state index in [2.05, 4.69) is 10.5 Å². The topological polar surface area (TPSA) is 84.7 Å². The second-order valence-electron chi connectivity index (χ2n) is 4.99. The first kappa shape index (κ1) is 16.5. The van der Waals surface area contributed by atoms with E-state index in [1.165, 1.54) is 11.8 Å². The Labute approximate surface area is 134 Å². The fourth-order valence-corrected chi connectivity index (χ4v) is 2.07. The fourth-order valence-electron chi connectivity index (χ4n) is 2.07. The van der Waals surface area contributed by atoms with Crippen molar-refractivity contribution in [2.24, 2.45) is 0 Å². The highest BCUT2D eigenvalue weighted by Crippen LogP contribution is 2.19. The summed E-state index contributed by atoms with van der Waals surface area (Å²) in [7, 11) is 1.58. The van der Waals surface area contributed by atoms with Gasteiger partial charge in [0.25, 0.3) is 0 Å². The van der Waals surface area contributed by atoms with Crippen LogP contribution in [0.2, 0.25) is 0 Å². The molecule has 2 amide bonds. The Morgan fingerprint density at radius 3 is 2.52 bits per heavy atom. The van der Waals surface area contributed by atoms with Gasteiger partial charge in [0, 0.05) is 31.6 Å². The van der Waals surface area contributed by atoms with E-state index in [1.807, 2.05) is 0 Å². The maximum atomic E-state index is 11.9. The number of hydrogen-bond acceptors (Lipinski definition) is 5. The molecule has 7 nitrogen and oxygen atoms in total. The van der Waals surface area contributed by atoms with Gasteiger partial charge >= 0.3 is 0 Å². The third-order valence-corrected chi connectivity index (χ3v) is 3.22. The average Bonchev–Trinajstić information content (AvgIpc) is 2.92. The molecule has 2 rings (SSSR count). The molecule has 1 aromatic carbocycles. The Balaban J connectivity index is 1.96. The minimum Gasteiger partial charge on any atom is -0.497 e. The minimum absolute atomic E-state index is 0.139. The fraction of sp³-hybridized carbons (Fsp3) is 0.312. The van der Waals surface area contributed by atoms with Gasteiger partial charge in [-0.1, -0.05) is 5.16 Å². The molecule has 1 heterocycles. The molecule has 122 valence electrons. The maximum absolute atomic E-state index is 11.9. The van der Waals surface area contributed by atoms with Crippen LogP contribution in [-0.4, -0.2) is 30.6 Å². The molecule has 0 fully saturated rings. The quantitative estimate of drug-likeness (QED) is 0.884. The number of benzene rings is 1. The molecule has 0 spiro atoms. The van der Waals surface area contributed by atoms with Crippen LogP contribution in [0.4, 0.5) is 11.5 Å². The molecule has 0 saturated carbocycles. The van der Waals surface area contributed by atoms with Crippen LogP contribution in [-0.2, 0) is 9.59 Å². The standard InChI is InChI=1S/C16H19N3O4/c1-11-10-15(18-23-11)17-16(21)8-9-19(12(2)20)13-4-6-14(22-3)7-5-13/h4-7,10H,8-9H2,1-3H3,(H,17,18,21). The van der Waals surface area contributed by atoms with Crippen molar-refractivity contribution in [1.82, 2.24) is 5.16 Å². The predicted molar refractivity (Wildman–Crippen MR) is 85.5 cm³/mol. The van der Waals surface area contributed by atoms with Gasteiger partial charge in [-0.3, -0.25) is 9.59 Å². The molecule has 1 aromatic heterocycles. The van der Waals surface area contributed by atoms with Crippen molar-refractivity contribution in [3.63, 3.8) is 0 Å². The van der Waals surface area contributed by atoms with Crippen LogP contribution < -0.4 is 15.0 Å². The Morgan fingerprint density at radius 2 is 2.00 bits per heavy atom. The number of rotatable bonds is 6. The van der Waals surface area contributed by atoms with E-state index >= 15 is 0 Å². The molecule has 0 aliphatic heterocycles. The van der Waals surface area contributed by atoms with Crippen molar-refractivity contribution >= 4 is 23.3 Å². The highest BCUT2D eigenvalue weighted by Gasteiger charge is 2.14. The van der Waals surface area contributed by atoms with Crippen LogP contribution in [0.1, 0.15) is 19.1 Å². The van der Waals surface area contributed by atoms with Crippen LogP contribution in [0.15, 0.2) is 34.9 Å². The largest absolute Gasteiger partial charge is 0.497 e. The van der Waals surface area contributed by atoms with Crippen molar-refractivity contribution in [1.29, 1.82) is 0 Å². The SMILES string of the molecule is COc1ccc(N(CCC(=O)Nc2cc(C)on2)C(C)=O)cc1. The third kappa shape index (κ3) is 4.57. The van der Waals surface area contributed by atoms with Crippen molar-refractivity contribution in [2.45, 2.75) is 20.3 Å². The third-order valence-electron chi connectivity index (χ3n) is 3.22. The first-order valence-electron chi connectivity index (χ1n) is 7.15. The van der Waals surface area contributed by atoms with Crippen molar-refractivity contribution < 1.29 is 18.8 Å².